The summed E-state index contributed by atoms with van der Waals surface area (Å²) in [4.78, 5) is 27.3. The molecule has 0 aliphatic carbocycles. The van der Waals surface area contributed by atoms with Gasteiger partial charge in [-0.3, -0.25) is 4.90 Å². The standard InChI is InChI=1S/C26H29N3O5/c1-18(27-28-26(31)32-2)22(17-29-12-14-33-15-13-29)24(19-8-4-3-5-9-19)21-16-20-10-6-7-11-23(20)34-25(21)30/h3-11,16,22,24H,12-15,17H2,1-2H3,(H,28,31)/b27-18-/t22-,24+/m1/s1. The summed E-state index contributed by atoms with van der Waals surface area (Å²) in [5.74, 6) is -0.560. The van der Waals surface area contributed by atoms with E-state index in [1.165, 1.54) is 7.11 Å². The maximum absolute atomic E-state index is 13.2. The van der Waals surface area contributed by atoms with Gasteiger partial charge in [0.2, 0.25) is 0 Å². The first-order chi connectivity index (χ1) is 16.6. The van der Waals surface area contributed by atoms with Crippen molar-refractivity contribution in [3.8, 4) is 0 Å². The number of nitrogens with one attached hydrogen (secondary N) is 1. The Hall–Kier alpha value is -3.49. The lowest BCUT2D eigenvalue weighted by Gasteiger charge is -2.34. The smallest absolute Gasteiger partial charge is 0.427 e. The molecule has 178 valence electrons. The monoisotopic (exact) mass is 463 g/mol. The number of hydrazone groups is 1. The summed E-state index contributed by atoms with van der Waals surface area (Å²) in [6.45, 7) is 5.35. The van der Waals surface area contributed by atoms with Gasteiger partial charge in [-0.15, -0.1) is 0 Å². The predicted molar refractivity (Wildman–Crippen MR) is 130 cm³/mol. The van der Waals surface area contributed by atoms with Crippen molar-refractivity contribution >= 4 is 22.8 Å². The Kier molecular flexibility index (Phi) is 7.72. The molecular weight excluding hydrogens is 434 g/mol. The Balaban J connectivity index is 1.83. The zero-order chi connectivity index (χ0) is 23.9. The molecule has 4 rings (SSSR count). The molecule has 1 N–H and O–H groups in total. The van der Waals surface area contributed by atoms with Crippen LogP contribution in [0.4, 0.5) is 4.79 Å². The molecule has 1 aliphatic heterocycles. The fourth-order valence-electron chi connectivity index (χ4n) is 4.39. The summed E-state index contributed by atoms with van der Waals surface area (Å²) in [7, 11) is 1.29. The van der Waals surface area contributed by atoms with Gasteiger partial charge in [-0.1, -0.05) is 48.5 Å². The van der Waals surface area contributed by atoms with E-state index in [1.54, 1.807) is 6.07 Å². The van der Waals surface area contributed by atoms with E-state index in [0.717, 1.165) is 24.0 Å². The van der Waals surface area contributed by atoms with Crippen LogP contribution in [-0.4, -0.2) is 56.7 Å². The zero-order valence-corrected chi connectivity index (χ0v) is 19.4. The highest BCUT2D eigenvalue weighted by Gasteiger charge is 2.32. The van der Waals surface area contributed by atoms with Crippen LogP contribution in [-0.2, 0) is 9.47 Å². The van der Waals surface area contributed by atoms with Crippen molar-refractivity contribution in [3.05, 3.63) is 82.2 Å². The van der Waals surface area contributed by atoms with E-state index >= 15 is 0 Å². The number of ether oxygens (including phenoxy) is 2. The molecule has 2 atom stereocenters. The van der Waals surface area contributed by atoms with Crippen LogP contribution in [0.15, 0.2) is 75.0 Å². The second-order valence-corrected chi connectivity index (χ2v) is 8.29. The van der Waals surface area contributed by atoms with Crippen LogP contribution in [0, 0.1) is 5.92 Å². The molecule has 1 fully saturated rings. The molecule has 0 radical (unpaired) electrons. The van der Waals surface area contributed by atoms with E-state index in [9.17, 15) is 9.59 Å². The number of nitrogens with zero attached hydrogens (tertiary/aromatic N) is 2. The van der Waals surface area contributed by atoms with Crippen LogP contribution in [0.2, 0.25) is 0 Å². The van der Waals surface area contributed by atoms with Crippen LogP contribution >= 0.6 is 0 Å². The van der Waals surface area contributed by atoms with Crippen LogP contribution < -0.4 is 11.1 Å². The van der Waals surface area contributed by atoms with E-state index in [2.05, 4.69) is 20.2 Å². The van der Waals surface area contributed by atoms with Gasteiger partial charge in [0.25, 0.3) is 0 Å². The van der Waals surface area contributed by atoms with Gasteiger partial charge in [0.15, 0.2) is 0 Å². The molecule has 1 aliphatic rings. The molecule has 8 heteroatoms. The Labute approximate surface area is 198 Å². The molecule has 8 nitrogen and oxygen atoms in total. The lowest BCUT2D eigenvalue weighted by molar-refractivity contribution is 0.0335. The van der Waals surface area contributed by atoms with Gasteiger partial charge in [-0.05, 0) is 24.6 Å². The molecule has 0 saturated carbocycles. The van der Waals surface area contributed by atoms with E-state index < -0.39 is 6.09 Å². The molecule has 0 spiro atoms. The van der Waals surface area contributed by atoms with E-state index in [1.807, 2.05) is 61.5 Å². The third kappa shape index (κ3) is 5.52. The lowest BCUT2D eigenvalue weighted by atomic mass is 9.78. The summed E-state index contributed by atoms with van der Waals surface area (Å²) >= 11 is 0. The van der Waals surface area contributed by atoms with Crippen molar-refractivity contribution < 1.29 is 18.7 Å². The van der Waals surface area contributed by atoms with Gasteiger partial charge in [-0.2, -0.15) is 5.10 Å². The normalized spacial score (nSPS) is 16.7. The number of morpholine rings is 1. The Morgan fingerprint density at radius 2 is 1.82 bits per heavy atom. The highest BCUT2D eigenvalue weighted by Crippen LogP contribution is 2.33. The first kappa shape index (κ1) is 23.7. The number of benzene rings is 2. The Bertz CT molecular complexity index is 1200. The summed E-state index contributed by atoms with van der Waals surface area (Å²) in [5.41, 5.74) is 4.80. The minimum Gasteiger partial charge on any atom is -0.452 e. The third-order valence-electron chi connectivity index (χ3n) is 6.17. The number of para-hydroxylation sites is 1. The number of methoxy groups -OCH3 is 1. The Morgan fingerprint density at radius 1 is 1.12 bits per heavy atom. The Morgan fingerprint density at radius 3 is 2.56 bits per heavy atom. The number of hydrogen-bond donors (Lipinski definition) is 1. The second kappa shape index (κ2) is 11.1. The molecule has 3 aromatic rings. The van der Waals surface area contributed by atoms with Crippen LogP contribution in [0.5, 0.6) is 0 Å². The number of hydrogen-bond acceptors (Lipinski definition) is 7. The van der Waals surface area contributed by atoms with Crippen LogP contribution in [0.3, 0.4) is 0 Å². The van der Waals surface area contributed by atoms with Gasteiger partial charge >= 0.3 is 11.7 Å². The van der Waals surface area contributed by atoms with Crippen LogP contribution in [0.25, 0.3) is 11.0 Å². The molecule has 34 heavy (non-hydrogen) atoms. The molecule has 1 saturated heterocycles. The van der Waals surface area contributed by atoms with Crippen LogP contribution in [0.1, 0.15) is 24.0 Å². The summed E-state index contributed by atoms with van der Waals surface area (Å²) < 4.78 is 15.9. The number of fused-ring (bicyclic) bond motifs is 1. The number of amides is 1. The van der Waals surface area contributed by atoms with E-state index in [4.69, 9.17) is 9.15 Å². The first-order valence-electron chi connectivity index (χ1n) is 11.3. The van der Waals surface area contributed by atoms with Crippen molar-refractivity contribution in [1.82, 2.24) is 10.3 Å². The SMILES string of the molecule is COC(=O)N/N=C(/C)[C@@H](CN1CCOCC1)[C@@H](c1ccccc1)c1cc2ccccc2oc1=O. The van der Waals surface area contributed by atoms with E-state index in [0.29, 0.717) is 36.6 Å². The molecule has 0 unspecified atom stereocenters. The summed E-state index contributed by atoms with van der Waals surface area (Å²) in [5, 5.41) is 5.18. The molecule has 1 aromatic heterocycles. The van der Waals surface area contributed by atoms with Gasteiger partial charge in [0.05, 0.1) is 20.3 Å². The number of carbonyl (C=O) groups is 1. The molecule has 0 bridgehead atoms. The van der Waals surface area contributed by atoms with Crippen molar-refractivity contribution in [2.24, 2.45) is 11.0 Å². The van der Waals surface area contributed by atoms with Gasteiger partial charge in [0, 0.05) is 48.1 Å². The minimum absolute atomic E-state index is 0.221. The molecule has 2 heterocycles. The fraction of sp³-hybridized carbons (Fsp3) is 0.346. The first-order valence-corrected chi connectivity index (χ1v) is 11.3. The van der Waals surface area contributed by atoms with E-state index in [-0.39, 0.29) is 17.5 Å². The number of carbonyl (C=O) groups excluding carboxylic acids is 1. The maximum atomic E-state index is 13.2. The lowest BCUT2D eigenvalue weighted by Crippen LogP contribution is -2.43. The second-order valence-electron chi connectivity index (χ2n) is 8.29. The molecular formula is C26H29N3O5. The van der Waals surface area contributed by atoms with Crippen molar-refractivity contribution in [2.75, 3.05) is 40.0 Å². The third-order valence-corrected chi connectivity index (χ3v) is 6.17. The average molecular weight is 464 g/mol. The zero-order valence-electron chi connectivity index (χ0n) is 19.4. The van der Waals surface area contributed by atoms with Gasteiger partial charge in [0.1, 0.15) is 5.58 Å². The highest BCUT2D eigenvalue weighted by molar-refractivity contribution is 5.87. The average Bonchev–Trinajstić information content (AvgIpc) is 2.88. The van der Waals surface area contributed by atoms with Crippen molar-refractivity contribution in [3.63, 3.8) is 0 Å². The topological polar surface area (TPSA) is 93.4 Å². The van der Waals surface area contributed by atoms with Crippen molar-refractivity contribution in [2.45, 2.75) is 12.8 Å². The summed E-state index contributed by atoms with van der Waals surface area (Å²) in [6.07, 6.45) is -0.647. The quantitative estimate of drug-likeness (QED) is 0.327. The molecule has 1 amide bonds. The largest absolute Gasteiger partial charge is 0.452 e. The maximum Gasteiger partial charge on any atom is 0.427 e. The van der Waals surface area contributed by atoms with Gasteiger partial charge < -0.3 is 13.9 Å². The molecule has 2 aromatic carbocycles. The van der Waals surface area contributed by atoms with Gasteiger partial charge in [-0.25, -0.2) is 15.0 Å². The fourth-order valence-corrected chi connectivity index (χ4v) is 4.39. The minimum atomic E-state index is -0.647. The highest BCUT2D eigenvalue weighted by atomic mass is 16.5. The number of rotatable bonds is 7. The predicted octanol–water partition coefficient (Wildman–Crippen LogP) is 3.61. The van der Waals surface area contributed by atoms with Crippen molar-refractivity contribution in [1.29, 1.82) is 0 Å². The summed E-state index contributed by atoms with van der Waals surface area (Å²) in [6, 6.07) is 19.3.